The number of ether oxygens (including phenoxy) is 4. The number of carbonyl (C=O) groups excluding carboxylic acids is 1. The maximum Gasteiger partial charge on any atom is 0.250 e. The SMILES string of the molecule is NC[C@H](O)C(=O)N[C@@H]1C[C@H](N)C(O[C@H]2O[C@H](CN)[C@@H](O)C[C@H]2NC2CNC2)[C@H](O)[C@H]1O[C@H]1O[C@H](CO)[C@@H](O)[C@H](N)[C@H]1O. The van der Waals surface area contributed by atoms with Gasteiger partial charge in [0.05, 0.1) is 36.9 Å². The van der Waals surface area contributed by atoms with E-state index in [9.17, 15) is 35.4 Å². The number of aliphatic hydroxyl groups excluding tert-OH is 6. The molecule has 15 atom stereocenters. The Morgan fingerprint density at radius 1 is 0.929 bits per heavy atom. The maximum atomic E-state index is 12.5. The Morgan fingerprint density at radius 2 is 1.60 bits per heavy atom. The minimum Gasteiger partial charge on any atom is -0.394 e. The van der Waals surface area contributed by atoms with Gasteiger partial charge in [-0.15, -0.1) is 0 Å². The molecule has 3 saturated heterocycles. The van der Waals surface area contributed by atoms with Crippen LogP contribution >= 0.6 is 0 Å². The van der Waals surface area contributed by atoms with Crippen molar-refractivity contribution >= 4 is 5.91 Å². The van der Waals surface area contributed by atoms with Crippen LogP contribution in [-0.4, -0.2) is 167 Å². The Bertz CT molecular complexity index is 877. The first-order chi connectivity index (χ1) is 20.0. The quantitative estimate of drug-likeness (QED) is 0.103. The van der Waals surface area contributed by atoms with Gasteiger partial charge in [-0.25, -0.2) is 0 Å². The van der Waals surface area contributed by atoms with Crippen molar-refractivity contribution < 1.29 is 54.4 Å². The van der Waals surface area contributed by atoms with Crippen LogP contribution in [0.15, 0.2) is 0 Å². The van der Waals surface area contributed by atoms with E-state index in [1.165, 1.54) is 0 Å². The van der Waals surface area contributed by atoms with Crippen molar-refractivity contribution in [3.63, 3.8) is 0 Å². The van der Waals surface area contributed by atoms with Gasteiger partial charge >= 0.3 is 0 Å². The fraction of sp³-hybridized carbons (Fsp3) is 0.958. The molecule has 244 valence electrons. The van der Waals surface area contributed by atoms with Gasteiger partial charge in [-0.1, -0.05) is 0 Å². The van der Waals surface area contributed by atoms with Gasteiger partial charge in [0, 0.05) is 38.3 Å². The molecule has 1 aliphatic carbocycles. The summed E-state index contributed by atoms with van der Waals surface area (Å²) in [6.07, 6.45) is -13.6. The molecule has 18 nitrogen and oxygen atoms in total. The van der Waals surface area contributed by atoms with Crippen LogP contribution in [0.2, 0.25) is 0 Å². The Labute approximate surface area is 242 Å². The predicted octanol–water partition coefficient (Wildman–Crippen LogP) is -8.22. The third-order valence-corrected chi connectivity index (χ3v) is 8.42. The fourth-order valence-corrected chi connectivity index (χ4v) is 5.74. The zero-order chi connectivity index (χ0) is 30.7. The molecule has 4 aliphatic rings. The van der Waals surface area contributed by atoms with Gasteiger partial charge in [-0.3, -0.25) is 4.79 Å². The molecule has 42 heavy (non-hydrogen) atoms. The van der Waals surface area contributed by atoms with Crippen LogP contribution in [0.5, 0.6) is 0 Å². The van der Waals surface area contributed by atoms with Gasteiger partial charge in [0.1, 0.15) is 42.7 Å². The number of nitrogens with one attached hydrogen (secondary N) is 3. The Hall–Kier alpha value is -1.17. The molecule has 1 unspecified atom stereocenters. The molecule has 0 spiro atoms. The first-order valence-electron chi connectivity index (χ1n) is 14.3. The highest BCUT2D eigenvalue weighted by molar-refractivity contribution is 5.81. The summed E-state index contributed by atoms with van der Waals surface area (Å²) >= 11 is 0. The topological polar surface area (TPSA) is 316 Å². The molecule has 3 heterocycles. The van der Waals surface area contributed by atoms with E-state index in [-0.39, 0.29) is 32.0 Å². The van der Waals surface area contributed by atoms with Gasteiger partial charge in [0.25, 0.3) is 0 Å². The highest BCUT2D eigenvalue weighted by atomic mass is 16.7. The van der Waals surface area contributed by atoms with E-state index >= 15 is 0 Å². The van der Waals surface area contributed by atoms with Crippen molar-refractivity contribution in [1.29, 1.82) is 0 Å². The molecular formula is C24H47N7O11. The van der Waals surface area contributed by atoms with E-state index in [1.54, 1.807) is 0 Å². The maximum absolute atomic E-state index is 12.5. The summed E-state index contributed by atoms with van der Waals surface area (Å²) < 4.78 is 23.7. The van der Waals surface area contributed by atoms with Crippen LogP contribution in [0.25, 0.3) is 0 Å². The largest absolute Gasteiger partial charge is 0.394 e. The van der Waals surface area contributed by atoms with Crippen molar-refractivity contribution in [2.75, 3.05) is 32.8 Å². The molecule has 0 aromatic carbocycles. The molecule has 0 radical (unpaired) electrons. The average Bonchev–Trinajstić information content (AvgIpc) is 2.95. The molecule has 3 aliphatic heterocycles. The van der Waals surface area contributed by atoms with Crippen LogP contribution in [-0.2, 0) is 23.7 Å². The van der Waals surface area contributed by atoms with Crippen LogP contribution in [0.3, 0.4) is 0 Å². The third-order valence-electron chi connectivity index (χ3n) is 8.42. The fourth-order valence-electron chi connectivity index (χ4n) is 5.74. The first kappa shape index (κ1) is 33.7. The van der Waals surface area contributed by atoms with Gasteiger partial charge in [-0.05, 0) is 12.8 Å². The Kier molecular flexibility index (Phi) is 11.8. The number of hydrogen-bond donors (Lipinski definition) is 13. The summed E-state index contributed by atoms with van der Waals surface area (Å²) in [5, 5.41) is 71.6. The summed E-state index contributed by atoms with van der Waals surface area (Å²) in [5.74, 6) is -0.839. The van der Waals surface area contributed by atoms with Crippen molar-refractivity contribution in [2.45, 2.75) is 111 Å². The summed E-state index contributed by atoms with van der Waals surface area (Å²) in [7, 11) is 0. The number of aliphatic hydroxyl groups is 6. The molecule has 1 saturated carbocycles. The van der Waals surface area contributed by atoms with E-state index in [0.29, 0.717) is 13.1 Å². The van der Waals surface area contributed by atoms with Gasteiger partial charge in [-0.2, -0.15) is 0 Å². The van der Waals surface area contributed by atoms with Crippen molar-refractivity contribution in [3.8, 4) is 0 Å². The predicted molar refractivity (Wildman–Crippen MR) is 143 cm³/mol. The molecule has 4 rings (SSSR count). The second-order valence-electron chi connectivity index (χ2n) is 11.5. The third kappa shape index (κ3) is 7.37. The zero-order valence-electron chi connectivity index (χ0n) is 23.2. The second-order valence-corrected chi connectivity index (χ2v) is 11.5. The molecule has 1 amide bonds. The van der Waals surface area contributed by atoms with Gasteiger partial charge in [0.2, 0.25) is 5.91 Å². The lowest BCUT2D eigenvalue weighted by Gasteiger charge is -2.49. The minimum absolute atomic E-state index is 0.0172. The number of amides is 1. The van der Waals surface area contributed by atoms with E-state index in [4.69, 9.17) is 41.9 Å². The normalized spacial score (nSPS) is 45.7. The summed E-state index contributed by atoms with van der Waals surface area (Å²) in [6.45, 7) is 0.458. The highest BCUT2D eigenvalue weighted by Gasteiger charge is 2.51. The Morgan fingerprint density at radius 3 is 2.19 bits per heavy atom. The monoisotopic (exact) mass is 609 g/mol. The lowest BCUT2D eigenvalue weighted by molar-refractivity contribution is -0.316. The van der Waals surface area contributed by atoms with Gasteiger partial charge in [0.15, 0.2) is 12.6 Å². The molecule has 0 aromatic heterocycles. The Balaban J connectivity index is 1.55. The number of nitrogens with two attached hydrogens (primary N) is 4. The van der Waals surface area contributed by atoms with Crippen molar-refractivity contribution in [1.82, 2.24) is 16.0 Å². The summed E-state index contributed by atoms with van der Waals surface area (Å²) in [5.41, 5.74) is 23.6. The molecule has 0 bridgehead atoms. The van der Waals surface area contributed by atoms with Crippen molar-refractivity contribution in [3.05, 3.63) is 0 Å². The zero-order valence-corrected chi connectivity index (χ0v) is 23.2. The van der Waals surface area contributed by atoms with Gasteiger partial charge < -0.3 is 88.5 Å². The summed E-state index contributed by atoms with van der Waals surface area (Å²) in [6, 6.07) is -3.52. The summed E-state index contributed by atoms with van der Waals surface area (Å²) in [4.78, 5) is 12.5. The number of carbonyl (C=O) groups is 1. The van der Waals surface area contributed by atoms with Crippen LogP contribution in [0.4, 0.5) is 0 Å². The molecule has 17 N–H and O–H groups in total. The average molecular weight is 610 g/mol. The molecule has 18 heteroatoms. The minimum atomic E-state index is -1.57. The van der Waals surface area contributed by atoms with E-state index in [2.05, 4.69) is 16.0 Å². The molecule has 0 aromatic rings. The van der Waals surface area contributed by atoms with Crippen LogP contribution in [0, 0.1) is 0 Å². The van der Waals surface area contributed by atoms with Crippen molar-refractivity contribution in [2.24, 2.45) is 22.9 Å². The lowest BCUT2D eigenvalue weighted by Crippen LogP contribution is -2.70. The number of rotatable bonds is 11. The smallest absolute Gasteiger partial charge is 0.250 e. The molecular weight excluding hydrogens is 562 g/mol. The van der Waals surface area contributed by atoms with E-state index in [1.807, 2.05) is 0 Å². The van der Waals surface area contributed by atoms with Crippen LogP contribution in [0.1, 0.15) is 12.8 Å². The first-order valence-corrected chi connectivity index (χ1v) is 14.3. The van der Waals surface area contributed by atoms with E-state index < -0.39 is 104 Å². The van der Waals surface area contributed by atoms with Crippen LogP contribution < -0.4 is 38.9 Å². The molecule has 4 fully saturated rings. The standard InChI is InChI=1S/C24H47N7O11/c25-3-13(34)22(38)31-10-1-9(27)20(19(37)21(10)42-24-18(36)16(28)17(35)15(7-32)40-24)41-23-11(30-8-5-29-6-8)2-12(33)14(4-26)39-23/h8-21,23-24,29-30,32-37H,1-7,25-28H2,(H,31,38)/t9-,10+,11+,12-,13-,14+,15+,16-,17+,18+,19-,20?,21-,23+,24+/m0/s1. The second kappa shape index (κ2) is 14.7. The highest BCUT2D eigenvalue weighted by Crippen LogP contribution is 2.32. The van der Waals surface area contributed by atoms with E-state index in [0.717, 1.165) is 0 Å². The lowest BCUT2D eigenvalue weighted by atomic mass is 9.83. The number of hydrogen-bond acceptors (Lipinski definition) is 17.